The van der Waals surface area contributed by atoms with Crippen LogP contribution in [0, 0.1) is 0 Å². The largest absolute Gasteiger partial charge is 0.507 e. The van der Waals surface area contributed by atoms with Crippen LogP contribution in [0.15, 0.2) is 18.2 Å². The molecule has 3 N–H and O–H groups in total. The molecule has 1 aromatic carbocycles. The van der Waals surface area contributed by atoms with Crippen LogP contribution < -0.4 is 15.5 Å². The van der Waals surface area contributed by atoms with Gasteiger partial charge < -0.3 is 30.1 Å². The molecule has 2 amide bonds. The molecule has 134 valence electrons. The molecule has 25 heavy (non-hydrogen) atoms. The SMILES string of the molecule is NC(=O)c1ccc(N2CCOCC2=O)cc1N1CCCC1OC(=O)O. The Bertz CT molecular complexity index is 707. The molecular weight excluding hydrogens is 330 g/mol. The zero-order valence-electron chi connectivity index (χ0n) is 13.5. The van der Waals surface area contributed by atoms with Crippen molar-refractivity contribution in [1.29, 1.82) is 0 Å². The molecule has 1 aromatic rings. The molecule has 0 bridgehead atoms. The van der Waals surface area contributed by atoms with Gasteiger partial charge in [-0.3, -0.25) is 9.59 Å². The fourth-order valence-corrected chi connectivity index (χ4v) is 3.18. The van der Waals surface area contributed by atoms with Gasteiger partial charge in [-0.1, -0.05) is 0 Å². The summed E-state index contributed by atoms with van der Waals surface area (Å²) in [6.07, 6.45) is -0.828. The molecule has 2 fully saturated rings. The van der Waals surface area contributed by atoms with Crippen molar-refractivity contribution in [1.82, 2.24) is 0 Å². The quantitative estimate of drug-likeness (QED) is 0.770. The number of amides is 2. The van der Waals surface area contributed by atoms with Gasteiger partial charge in [0.15, 0.2) is 6.23 Å². The number of benzene rings is 1. The van der Waals surface area contributed by atoms with E-state index < -0.39 is 18.3 Å². The second-order valence-corrected chi connectivity index (χ2v) is 5.84. The third-order valence-corrected chi connectivity index (χ3v) is 4.29. The summed E-state index contributed by atoms with van der Waals surface area (Å²) in [6, 6.07) is 4.87. The molecule has 2 saturated heterocycles. The average Bonchev–Trinajstić information content (AvgIpc) is 3.02. The first kappa shape index (κ1) is 17.0. The minimum Gasteiger partial charge on any atom is -0.450 e. The molecule has 0 spiro atoms. The van der Waals surface area contributed by atoms with E-state index in [2.05, 4.69) is 0 Å². The number of hydrogen-bond donors (Lipinski definition) is 2. The zero-order valence-corrected chi connectivity index (χ0v) is 13.5. The molecule has 9 nitrogen and oxygen atoms in total. The Morgan fingerprint density at radius 1 is 1.32 bits per heavy atom. The number of nitrogens with zero attached hydrogens (tertiary/aromatic N) is 2. The lowest BCUT2D eigenvalue weighted by Crippen LogP contribution is -2.42. The van der Waals surface area contributed by atoms with Crippen LogP contribution in [0.1, 0.15) is 23.2 Å². The first-order valence-corrected chi connectivity index (χ1v) is 7.95. The highest BCUT2D eigenvalue weighted by molar-refractivity contribution is 6.01. The van der Waals surface area contributed by atoms with Crippen LogP contribution in [0.5, 0.6) is 0 Å². The molecule has 0 radical (unpaired) electrons. The fourth-order valence-electron chi connectivity index (χ4n) is 3.18. The first-order chi connectivity index (χ1) is 12.0. The number of nitrogens with two attached hydrogens (primary N) is 1. The number of ether oxygens (including phenoxy) is 2. The van der Waals surface area contributed by atoms with E-state index in [4.69, 9.17) is 20.3 Å². The number of morpholine rings is 1. The van der Waals surface area contributed by atoms with E-state index in [0.717, 1.165) is 6.42 Å². The van der Waals surface area contributed by atoms with Crippen LogP contribution in [-0.4, -0.2) is 55.6 Å². The lowest BCUT2D eigenvalue weighted by Gasteiger charge is -2.30. The maximum absolute atomic E-state index is 12.0. The van der Waals surface area contributed by atoms with Crippen LogP contribution in [0.25, 0.3) is 0 Å². The van der Waals surface area contributed by atoms with Gasteiger partial charge in [-0.25, -0.2) is 4.79 Å². The summed E-state index contributed by atoms with van der Waals surface area (Å²) < 4.78 is 10.0. The molecule has 0 aromatic heterocycles. The van der Waals surface area contributed by atoms with Gasteiger partial charge in [0.25, 0.3) is 11.8 Å². The van der Waals surface area contributed by atoms with Gasteiger partial charge in [0.2, 0.25) is 0 Å². The second kappa shape index (κ2) is 6.98. The van der Waals surface area contributed by atoms with Crippen LogP contribution in [0.4, 0.5) is 16.2 Å². The lowest BCUT2D eigenvalue weighted by atomic mass is 10.1. The summed E-state index contributed by atoms with van der Waals surface area (Å²) in [5, 5.41) is 8.90. The molecule has 2 aliphatic rings. The van der Waals surface area contributed by atoms with Crippen LogP contribution >= 0.6 is 0 Å². The number of carbonyl (C=O) groups excluding carboxylic acids is 2. The van der Waals surface area contributed by atoms with Crippen molar-refractivity contribution in [3.05, 3.63) is 23.8 Å². The van der Waals surface area contributed by atoms with Crippen molar-refractivity contribution in [3.63, 3.8) is 0 Å². The Balaban J connectivity index is 1.97. The standard InChI is InChI=1S/C16H19N3O6/c17-15(21)11-4-3-10(18-6-7-24-9-13(18)20)8-12(11)19-5-1-2-14(19)25-16(22)23/h3-4,8,14H,1-2,5-7,9H2,(H2,17,21)(H,22,23). The number of carbonyl (C=O) groups is 3. The van der Waals surface area contributed by atoms with Crippen molar-refractivity contribution in [2.75, 3.05) is 36.1 Å². The number of anilines is 2. The van der Waals surface area contributed by atoms with E-state index in [0.29, 0.717) is 37.5 Å². The normalized spacial score (nSPS) is 20.6. The maximum Gasteiger partial charge on any atom is 0.507 e. The minimum atomic E-state index is -1.38. The summed E-state index contributed by atoms with van der Waals surface area (Å²) in [6.45, 7) is 1.36. The zero-order chi connectivity index (χ0) is 18.0. The van der Waals surface area contributed by atoms with Crippen molar-refractivity contribution >= 4 is 29.3 Å². The van der Waals surface area contributed by atoms with E-state index in [1.807, 2.05) is 0 Å². The minimum absolute atomic E-state index is 0.00136. The Morgan fingerprint density at radius 2 is 2.12 bits per heavy atom. The Hall–Kier alpha value is -2.81. The fraction of sp³-hybridized carbons (Fsp3) is 0.438. The summed E-state index contributed by atoms with van der Waals surface area (Å²) in [5.74, 6) is -0.806. The topological polar surface area (TPSA) is 122 Å². The summed E-state index contributed by atoms with van der Waals surface area (Å²) >= 11 is 0. The highest BCUT2D eigenvalue weighted by Gasteiger charge is 2.31. The molecule has 3 rings (SSSR count). The predicted octanol–water partition coefficient (Wildman–Crippen LogP) is 0.770. The number of rotatable bonds is 4. The van der Waals surface area contributed by atoms with Crippen LogP contribution in [0.2, 0.25) is 0 Å². The summed E-state index contributed by atoms with van der Waals surface area (Å²) in [5.41, 5.74) is 6.79. The van der Waals surface area contributed by atoms with Crippen LogP contribution in [0.3, 0.4) is 0 Å². The average molecular weight is 349 g/mol. The Labute approximate surface area is 143 Å². The number of primary amides is 1. The molecule has 0 saturated carbocycles. The highest BCUT2D eigenvalue weighted by atomic mass is 16.7. The van der Waals surface area contributed by atoms with E-state index >= 15 is 0 Å². The van der Waals surface area contributed by atoms with Gasteiger partial charge in [0.1, 0.15) is 6.61 Å². The first-order valence-electron chi connectivity index (χ1n) is 7.95. The van der Waals surface area contributed by atoms with Crippen molar-refractivity contribution in [2.45, 2.75) is 19.1 Å². The Kier molecular flexibility index (Phi) is 4.75. The monoisotopic (exact) mass is 349 g/mol. The van der Waals surface area contributed by atoms with Gasteiger partial charge in [-0.15, -0.1) is 0 Å². The highest BCUT2D eigenvalue weighted by Crippen LogP contribution is 2.33. The van der Waals surface area contributed by atoms with Crippen molar-refractivity contribution < 1.29 is 29.0 Å². The lowest BCUT2D eigenvalue weighted by molar-refractivity contribution is -0.125. The molecule has 9 heteroatoms. The molecule has 1 unspecified atom stereocenters. The predicted molar refractivity (Wildman–Crippen MR) is 87.6 cm³/mol. The molecular formula is C16H19N3O6. The summed E-state index contributed by atoms with van der Waals surface area (Å²) in [7, 11) is 0. The third-order valence-electron chi connectivity index (χ3n) is 4.29. The second-order valence-electron chi connectivity index (χ2n) is 5.84. The van der Waals surface area contributed by atoms with Gasteiger partial charge in [0.05, 0.1) is 17.9 Å². The van der Waals surface area contributed by atoms with E-state index in [9.17, 15) is 14.4 Å². The van der Waals surface area contributed by atoms with Gasteiger partial charge in [0, 0.05) is 25.2 Å². The number of hydrogen-bond acceptors (Lipinski definition) is 6. The third kappa shape index (κ3) is 3.50. The smallest absolute Gasteiger partial charge is 0.450 e. The maximum atomic E-state index is 12.0. The van der Waals surface area contributed by atoms with E-state index in [1.54, 1.807) is 28.0 Å². The van der Waals surface area contributed by atoms with Crippen LogP contribution in [-0.2, 0) is 14.3 Å². The van der Waals surface area contributed by atoms with E-state index in [-0.39, 0.29) is 18.1 Å². The molecule has 2 heterocycles. The summed E-state index contributed by atoms with van der Waals surface area (Å²) in [4.78, 5) is 38.0. The van der Waals surface area contributed by atoms with Gasteiger partial charge >= 0.3 is 6.16 Å². The van der Waals surface area contributed by atoms with Crippen molar-refractivity contribution in [3.8, 4) is 0 Å². The Morgan fingerprint density at radius 3 is 2.80 bits per heavy atom. The number of carboxylic acid groups (broad SMARTS) is 1. The van der Waals surface area contributed by atoms with Gasteiger partial charge in [-0.05, 0) is 24.6 Å². The molecule has 0 aliphatic carbocycles. The van der Waals surface area contributed by atoms with Gasteiger partial charge in [-0.2, -0.15) is 0 Å². The van der Waals surface area contributed by atoms with Crippen molar-refractivity contribution in [2.24, 2.45) is 5.73 Å². The van der Waals surface area contributed by atoms with E-state index in [1.165, 1.54) is 0 Å². The molecule has 2 aliphatic heterocycles. The molecule has 1 atom stereocenters.